The predicted octanol–water partition coefficient (Wildman–Crippen LogP) is -0.0644. The number of hydrogen-bond donors (Lipinski definition) is 1. The summed E-state index contributed by atoms with van der Waals surface area (Å²) in [4.78, 5) is 16.6. The molecule has 1 aromatic heterocycles. The molecule has 8 heteroatoms. The van der Waals surface area contributed by atoms with E-state index in [1.54, 1.807) is 10.9 Å². The van der Waals surface area contributed by atoms with Crippen LogP contribution in [0.2, 0.25) is 5.02 Å². The summed E-state index contributed by atoms with van der Waals surface area (Å²) in [6.07, 6.45) is 3.17. The van der Waals surface area contributed by atoms with Crippen LogP contribution in [-0.4, -0.2) is 83.1 Å². The summed E-state index contributed by atoms with van der Waals surface area (Å²) in [7, 11) is 0. The van der Waals surface area contributed by atoms with Crippen molar-refractivity contribution in [3.8, 4) is 0 Å². The first kappa shape index (κ1) is 16.7. The third-order valence-electron chi connectivity index (χ3n) is 4.66. The molecule has 0 spiro atoms. The number of carbonyl (C=O) groups excluding carboxylic acids is 1. The molecule has 3 rings (SSSR count). The molecule has 0 radical (unpaired) electrons. The molecule has 7 nitrogen and oxygen atoms in total. The monoisotopic (exact) mass is 342 g/mol. The van der Waals surface area contributed by atoms with Crippen molar-refractivity contribution >= 4 is 17.5 Å². The Balaban J connectivity index is 1.55. The van der Waals surface area contributed by atoms with Gasteiger partial charge in [-0.05, 0) is 5.92 Å². The Hall–Kier alpha value is -1.15. The van der Waals surface area contributed by atoms with E-state index in [1.165, 1.54) is 6.20 Å². The molecule has 2 aliphatic heterocycles. The van der Waals surface area contributed by atoms with E-state index in [9.17, 15) is 9.90 Å². The Kier molecular flexibility index (Phi) is 5.53. The zero-order valence-corrected chi connectivity index (χ0v) is 13.9. The number of carbonyl (C=O) groups is 1. The van der Waals surface area contributed by atoms with Crippen molar-refractivity contribution in [2.24, 2.45) is 11.8 Å². The Bertz CT molecular complexity index is 533. The summed E-state index contributed by atoms with van der Waals surface area (Å²) in [6, 6.07) is 0. The van der Waals surface area contributed by atoms with Gasteiger partial charge in [-0.25, -0.2) is 0 Å². The third-order valence-corrected chi connectivity index (χ3v) is 4.85. The third kappa shape index (κ3) is 4.23. The highest BCUT2D eigenvalue weighted by Crippen LogP contribution is 2.25. The van der Waals surface area contributed by atoms with Gasteiger partial charge in [0.2, 0.25) is 5.91 Å². The minimum absolute atomic E-state index is 0.0210. The van der Waals surface area contributed by atoms with E-state index in [-0.39, 0.29) is 25.0 Å². The number of likely N-dealkylation sites (tertiary alicyclic amines) is 1. The van der Waals surface area contributed by atoms with Gasteiger partial charge >= 0.3 is 0 Å². The minimum Gasteiger partial charge on any atom is -0.396 e. The highest BCUT2D eigenvalue weighted by atomic mass is 35.5. The summed E-state index contributed by atoms with van der Waals surface area (Å²) in [5, 5.41) is 14.2. The van der Waals surface area contributed by atoms with Crippen LogP contribution in [0.25, 0.3) is 0 Å². The van der Waals surface area contributed by atoms with Gasteiger partial charge in [0.1, 0.15) is 6.54 Å². The van der Waals surface area contributed by atoms with E-state index in [1.807, 2.05) is 4.90 Å². The molecule has 0 unspecified atom stereocenters. The maximum absolute atomic E-state index is 12.4. The van der Waals surface area contributed by atoms with Crippen molar-refractivity contribution in [1.29, 1.82) is 0 Å². The normalized spacial score (nSPS) is 25.9. The number of ether oxygens (including phenoxy) is 1. The standard InChI is InChI=1S/C15H23ClN4O3/c16-14-5-17-20(9-14)10-15(22)19-7-12(13(8-19)11-21)6-18-1-3-23-4-2-18/h5,9,12-13,21H,1-4,6-8,10-11H2/t12-,13-/m1/s1. The first-order valence-electron chi connectivity index (χ1n) is 8.02. The average molecular weight is 343 g/mol. The molecular formula is C15H23ClN4O3. The molecule has 0 aromatic carbocycles. The maximum Gasteiger partial charge on any atom is 0.244 e. The van der Waals surface area contributed by atoms with Gasteiger partial charge < -0.3 is 14.7 Å². The second-order valence-electron chi connectivity index (χ2n) is 6.27. The Morgan fingerprint density at radius 1 is 1.35 bits per heavy atom. The van der Waals surface area contributed by atoms with E-state index < -0.39 is 0 Å². The molecule has 1 amide bonds. The van der Waals surface area contributed by atoms with Crippen LogP contribution < -0.4 is 0 Å². The topological polar surface area (TPSA) is 70.8 Å². The number of nitrogens with zero attached hydrogens (tertiary/aromatic N) is 4. The average Bonchev–Trinajstić information content (AvgIpc) is 3.14. The number of aliphatic hydroxyl groups is 1. The SMILES string of the molecule is O=C(Cn1cc(Cl)cn1)N1C[C@@H](CN2CCOCC2)[C@@H](CO)C1. The number of rotatable bonds is 5. The number of morpholine rings is 1. The highest BCUT2D eigenvalue weighted by Gasteiger charge is 2.35. The molecule has 0 aliphatic carbocycles. The van der Waals surface area contributed by atoms with E-state index in [0.717, 1.165) is 32.8 Å². The largest absolute Gasteiger partial charge is 0.396 e. The minimum atomic E-state index is 0.0210. The fourth-order valence-corrected chi connectivity index (χ4v) is 3.49. The number of amides is 1. The first-order valence-corrected chi connectivity index (χ1v) is 8.40. The molecule has 23 heavy (non-hydrogen) atoms. The smallest absolute Gasteiger partial charge is 0.244 e. The van der Waals surface area contributed by atoms with Gasteiger partial charge in [0.15, 0.2) is 0 Å². The summed E-state index contributed by atoms with van der Waals surface area (Å²) >= 11 is 5.82. The number of aromatic nitrogens is 2. The zero-order chi connectivity index (χ0) is 16.2. The van der Waals surface area contributed by atoms with Gasteiger partial charge in [0.25, 0.3) is 0 Å². The molecule has 0 saturated carbocycles. The molecule has 2 atom stereocenters. The van der Waals surface area contributed by atoms with Crippen molar-refractivity contribution in [1.82, 2.24) is 19.6 Å². The summed E-state index contributed by atoms with van der Waals surface area (Å²) in [5.74, 6) is 0.471. The fraction of sp³-hybridized carbons (Fsp3) is 0.733. The van der Waals surface area contributed by atoms with Crippen molar-refractivity contribution in [3.05, 3.63) is 17.4 Å². The lowest BCUT2D eigenvalue weighted by atomic mass is 9.96. The molecular weight excluding hydrogens is 320 g/mol. The lowest BCUT2D eigenvalue weighted by Gasteiger charge is -2.30. The van der Waals surface area contributed by atoms with Crippen LogP contribution in [0.1, 0.15) is 0 Å². The Morgan fingerprint density at radius 2 is 2.09 bits per heavy atom. The van der Waals surface area contributed by atoms with Gasteiger partial charge in [0, 0.05) is 51.4 Å². The molecule has 1 N–H and O–H groups in total. The molecule has 128 valence electrons. The van der Waals surface area contributed by atoms with E-state index >= 15 is 0 Å². The second kappa shape index (κ2) is 7.61. The van der Waals surface area contributed by atoms with Crippen LogP contribution in [0.15, 0.2) is 12.4 Å². The van der Waals surface area contributed by atoms with Gasteiger partial charge in [-0.2, -0.15) is 5.10 Å². The molecule has 2 aliphatic rings. The predicted molar refractivity (Wildman–Crippen MR) is 85.1 cm³/mol. The number of halogens is 1. The molecule has 1 aromatic rings. The molecule has 0 bridgehead atoms. The zero-order valence-electron chi connectivity index (χ0n) is 13.1. The second-order valence-corrected chi connectivity index (χ2v) is 6.71. The summed E-state index contributed by atoms with van der Waals surface area (Å²) in [5.41, 5.74) is 0. The lowest BCUT2D eigenvalue weighted by molar-refractivity contribution is -0.131. The fourth-order valence-electron chi connectivity index (χ4n) is 3.33. The lowest BCUT2D eigenvalue weighted by Crippen LogP contribution is -2.41. The molecule has 2 saturated heterocycles. The van der Waals surface area contributed by atoms with Crippen LogP contribution >= 0.6 is 11.6 Å². The molecule has 3 heterocycles. The first-order chi connectivity index (χ1) is 11.2. The summed E-state index contributed by atoms with van der Waals surface area (Å²) < 4.78 is 6.92. The Labute approximate surface area is 140 Å². The highest BCUT2D eigenvalue weighted by molar-refractivity contribution is 6.30. The van der Waals surface area contributed by atoms with Crippen molar-refractivity contribution in [2.75, 3.05) is 52.5 Å². The van der Waals surface area contributed by atoms with Crippen LogP contribution in [-0.2, 0) is 16.1 Å². The van der Waals surface area contributed by atoms with Crippen LogP contribution in [0.4, 0.5) is 0 Å². The van der Waals surface area contributed by atoms with Gasteiger partial charge in [-0.1, -0.05) is 11.6 Å². The van der Waals surface area contributed by atoms with E-state index in [4.69, 9.17) is 16.3 Å². The van der Waals surface area contributed by atoms with E-state index in [2.05, 4.69) is 10.00 Å². The van der Waals surface area contributed by atoms with Crippen LogP contribution in [0.5, 0.6) is 0 Å². The van der Waals surface area contributed by atoms with Gasteiger partial charge in [0.05, 0.1) is 24.4 Å². The number of aliphatic hydroxyl groups excluding tert-OH is 1. The quantitative estimate of drug-likeness (QED) is 0.811. The van der Waals surface area contributed by atoms with E-state index in [0.29, 0.717) is 24.0 Å². The number of hydrogen-bond acceptors (Lipinski definition) is 5. The van der Waals surface area contributed by atoms with Crippen LogP contribution in [0.3, 0.4) is 0 Å². The van der Waals surface area contributed by atoms with Crippen molar-refractivity contribution in [3.63, 3.8) is 0 Å². The van der Waals surface area contributed by atoms with Gasteiger partial charge in [-0.15, -0.1) is 0 Å². The summed E-state index contributed by atoms with van der Waals surface area (Å²) in [6.45, 7) is 5.89. The maximum atomic E-state index is 12.4. The van der Waals surface area contributed by atoms with Crippen molar-refractivity contribution in [2.45, 2.75) is 6.54 Å². The van der Waals surface area contributed by atoms with Crippen LogP contribution in [0, 0.1) is 11.8 Å². The van der Waals surface area contributed by atoms with Gasteiger partial charge in [-0.3, -0.25) is 14.4 Å². The molecule has 2 fully saturated rings. The Morgan fingerprint density at radius 3 is 2.74 bits per heavy atom. The van der Waals surface area contributed by atoms with Crippen molar-refractivity contribution < 1.29 is 14.6 Å².